The lowest BCUT2D eigenvalue weighted by Gasteiger charge is -2.04. The monoisotopic (exact) mass is 271 g/mol. The highest BCUT2D eigenvalue weighted by Crippen LogP contribution is 2.31. The van der Waals surface area contributed by atoms with Crippen molar-refractivity contribution in [2.45, 2.75) is 13.8 Å². The quantitative estimate of drug-likeness (QED) is 0.730. The van der Waals surface area contributed by atoms with Gasteiger partial charge in [0.05, 0.1) is 0 Å². The number of hydrogen-bond donors (Lipinski definition) is 1. The van der Waals surface area contributed by atoms with Crippen molar-refractivity contribution >= 4 is 23.1 Å². The molecule has 2 heterocycles. The third-order valence-electron chi connectivity index (χ3n) is 3.34. The predicted octanol–water partition coefficient (Wildman–Crippen LogP) is 3.85. The molecule has 2 aromatic heterocycles. The number of aromatic nitrogens is 2. The summed E-state index contributed by atoms with van der Waals surface area (Å²) in [6.07, 6.45) is 1.92. The number of rotatable bonds is 1. The molecule has 3 rings (SSSR count). The Morgan fingerprint density at radius 2 is 1.95 bits per heavy atom. The van der Waals surface area contributed by atoms with Crippen LogP contribution in [0.3, 0.4) is 0 Å². The molecule has 0 spiro atoms. The lowest BCUT2D eigenvalue weighted by Crippen LogP contribution is -1.95. The van der Waals surface area contributed by atoms with Crippen LogP contribution < -0.4 is 5.73 Å². The Morgan fingerprint density at radius 3 is 2.68 bits per heavy atom. The smallest absolute Gasteiger partial charge is 0.142 e. The fourth-order valence-electron chi connectivity index (χ4n) is 2.27. The van der Waals surface area contributed by atoms with Crippen LogP contribution in [0, 0.1) is 13.8 Å². The molecule has 0 aliphatic rings. The lowest BCUT2D eigenvalue weighted by molar-refractivity contribution is 1.17. The first-order valence-corrected chi connectivity index (χ1v) is 6.45. The van der Waals surface area contributed by atoms with Gasteiger partial charge in [-0.25, -0.2) is 4.98 Å². The SMILES string of the molecule is Cc1ccc(Cl)cc1-c1nc2c(C)cccn2c1N. The molecule has 0 aliphatic carbocycles. The number of nitrogen functional groups attached to an aromatic ring is 1. The van der Waals surface area contributed by atoms with Crippen molar-refractivity contribution < 1.29 is 0 Å². The zero-order valence-corrected chi connectivity index (χ0v) is 11.6. The highest BCUT2D eigenvalue weighted by atomic mass is 35.5. The minimum Gasteiger partial charge on any atom is -0.383 e. The summed E-state index contributed by atoms with van der Waals surface area (Å²) in [4.78, 5) is 4.66. The van der Waals surface area contributed by atoms with Crippen molar-refractivity contribution in [2.75, 3.05) is 5.73 Å². The van der Waals surface area contributed by atoms with Gasteiger partial charge in [0.1, 0.15) is 17.2 Å². The summed E-state index contributed by atoms with van der Waals surface area (Å²) in [6.45, 7) is 4.05. The topological polar surface area (TPSA) is 43.3 Å². The van der Waals surface area contributed by atoms with Crippen LogP contribution >= 0.6 is 11.6 Å². The molecule has 4 heteroatoms. The van der Waals surface area contributed by atoms with Gasteiger partial charge >= 0.3 is 0 Å². The fraction of sp³-hybridized carbons (Fsp3) is 0.133. The second kappa shape index (κ2) is 4.28. The average Bonchev–Trinajstić information content (AvgIpc) is 2.72. The summed E-state index contributed by atoms with van der Waals surface area (Å²) >= 11 is 6.07. The van der Waals surface area contributed by atoms with E-state index in [4.69, 9.17) is 17.3 Å². The molecule has 3 aromatic rings. The Bertz CT molecular complexity index is 774. The van der Waals surface area contributed by atoms with Crippen molar-refractivity contribution in [3.63, 3.8) is 0 Å². The van der Waals surface area contributed by atoms with Crippen molar-refractivity contribution in [1.29, 1.82) is 0 Å². The van der Waals surface area contributed by atoms with Crippen LogP contribution in [0.4, 0.5) is 5.82 Å². The van der Waals surface area contributed by atoms with Crippen molar-refractivity contribution in [2.24, 2.45) is 0 Å². The molecule has 2 N–H and O–H groups in total. The molecule has 3 nitrogen and oxygen atoms in total. The highest BCUT2D eigenvalue weighted by molar-refractivity contribution is 6.30. The van der Waals surface area contributed by atoms with E-state index < -0.39 is 0 Å². The van der Waals surface area contributed by atoms with Gasteiger partial charge in [-0.1, -0.05) is 23.7 Å². The van der Waals surface area contributed by atoms with E-state index in [1.165, 1.54) is 0 Å². The first-order valence-electron chi connectivity index (χ1n) is 6.07. The second-order valence-corrected chi connectivity index (χ2v) is 5.13. The maximum absolute atomic E-state index is 6.22. The first kappa shape index (κ1) is 12.1. The molecule has 19 heavy (non-hydrogen) atoms. The van der Waals surface area contributed by atoms with Gasteiger partial charge < -0.3 is 5.73 Å². The van der Waals surface area contributed by atoms with Gasteiger partial charge in [0.15, 0.2) is 0 Å². The zero-order valence-electron chi connectivity index (χ0n) is 10.8. The lowest BCUT2D eigenvalue weighted by atomic mass is 10.1. The van der Waals surface area contributed by atoms with Crippen LogP contribution in [0.5, 0.6) is 0 Å². The van der Waals surface area contributed by atoms with Gasteiger partial charge in [0.2, 0.25) is 0 Å². The number of nitrogens with two attached hydrogens (primary N) is 1. The fourth-order valence-corrected chi connectivity index (χ4v) is 2.44. The third kappa shape index (κ3) is 1.87. The molecule has 0 atom stereocenters. The summed E-state index contributed by atoms with van der Waals surface area (Å²) in [6, 6.07) is 9.75. The number of anilines is 1. The molecule has 0 unspecified atom stereocenters. The van der Waals surface area contributed by atoms with Crippen molar-refractivity contribution in [1.82, 2.24) is 9.38 Å². The zero-order chi connectivity index (χ0) is 13.6. The molecule has 0 bridgehead atoms. The number of hydrogen-bond acceptors (Lipinski definition) is 2. The Labute approximate surface area is 116 Å². The maximum Gasteiger partial charge on any atom is 0.142 e. The van der Waals surface area contributed by atoms with Crippen LogP contribution in [0.15, 0.2) is 36.5 Å². The standard InChI is InChI=1S/C15H14ClN3/c1-9-5-6-11(16)8-12(9)13-14(17)19-7-3-4-10(2)15(19)18-13/h3-8H,17H2,1-2H3. The summed E-state index contributed by atoms with van der Waals surface area (Å²) in [7, 11) is 0. The van der Waals surface area contributed by atoms with Gasteiger partial charge in [-0.05, 0) is 43.2 Å². The Balaban J connectivity index is 2.34. The summed E-state index contributed by atoms with van der Waals surface area (Å²) in [5.74, 6) is 0.643. The Morgan fingerprint density at radius 1 is 1.16 bits per heavy atom. The van der Waals surface area contributed by atoms with Gasteiger partial charge in [-0.15, -0.1) is 0 Å². The number of aryl methyl sites for hydroxylation is 2. The van der Waals surface area contributed by atoms with Crippen molar-refractivity contribution in [3.05, 3.63) is 52.7 Å². The molecule has 0 amide bonds. The number of pyridine rings is 1. The van der Waals surface area contributed by atoms with Crippen LogP contribution in [-0.2, 0) is 0 Å². The van der Waals surface area contributed by atoms with Gasteiger partial charge in [-0.2, -0.15) is 0 Å². The van der Waals surface area contributed by atoms with Crippen molar-refractivity contribution in [3.8, 4) is 11.3 Å². The van der Waals surface area contributed by atoms with Crippen LogP contribution in [0.25, 0.3) is 16.9 Å². The van der Waals surface area contributed by atoms with E-state index in [9.17, 15) is 0 Å². The van der Waals surface area contributed by atoms with Gasteiger partial charge in [0, 0.05) is 16.8 Å². The molecule has 1 aromatic carbocycles. The summed E-state index contributed by atoms with van der Waals surface area (Å²) in [5.41, 5.74) is 11.1. The van der Waals surface area contributed by atoms with E-state index >= 15 is 0 Å². The number of fused-ring (bicyclic) bond motifs is 1. The third-order valence-corrected chi connectivity index (χ3v) is 3.57. The number of nitrogens with zero attached hydrogens (tertiary/aromatic N) is 2. The molecular weight excluding hydrogens is 258 g/mol. The molecule has 0 saturated heterocycles. The van der Waals surface area contributed by atoms with E-state index in [-0.39, 0.29) is 0 Å². The Kier molecular flexibility index (Phi) is 2.72. The molecule has 0 aliphatic heterocycles. The molecule has 96 valence electrons. The Hall–Kier alpha value is -2.00. The molecular formula is C15H14ClN3. The normalized spacial score (nSPS) is 11.1. The minimum atomic E-state index is 0.643. The average molecular weight is 272 g/mol. The van der Waals surface area contributed by atoms with E-state index in [0.717, 1.165) is 28.0 Å². The van der Waals surface area contributed by atoms with Gasteiger partial charge in [-0.3, -0.25) is 4.40 Å². The predicted molar refractivity (Wildman–Crippen MR) is 79.5 cm³/mol. The number of benzene rings is 1. The van der Waals surface area contributed by atoms with E-state index in [1.807, 2.05) is 54.8 Å². The maximum atomic E-state index is 6.22. The van der Waals surface area contributed by atoms with E-state index in [2.05, 4.69) is 4.98 Å². The second-order valence-electron chi connectivity index (χ2n) is 4.69. The van der Waals surface area contributed by atoms with Crippen LogP contribution in [0.1, 0.15) is 11.1 Å². The van der Waals surface area contributed by atoms with Gasteiger partial charge in [0.25, 0.3) is 0 Å². The number of halogens is 1. The first-order chi connectivity index (χ1) is 9.08. The van der Waals surface area contributed by atoms with E-state index in [0.29, 0.717) is 10.8 Å². The van der Waals surface area contributed by atoms with E-state index in [1.54, 1.807) is 0 Å². The largest absolute Gasteiger partial charge is 0.383 e. The molecule has 0 saturated carbocycles. The van der Waals surface area contributed by atoms with Crippen LogP contribution in [-0.4, -0.2) is 9.38 Å². The highest BCUT2D eigenvalue weighted by Gasteiger charge is 2.14. The molecule has 0 radical (unpaired) electrons. The minimum absolute atomic E-state index is 0.643. The van der Waals surface area contributed by atoms with Crippen LogP contribution in [0.2, 0.25) is 5.02 Å². The summed E-state index contributed by atoms with van der Waals surface area (Å²) in [5, 5.41) is 0.689. The molecule has 0 fully saturated rings. The summed E-state index contributed by atoms with van der Waals surface area (Å²) < 4.78 is 1.91. The number of imidazole rings is 1.